The fourth-order valence-electron chi connectivity index (χ4n) is 2.16. The molecule has 5 heteroatoms. The molecule has 0 amide bonds. The molecule has 1 unspecified atom stereocenters. The van der Waals surface area contributed by atoms with Crippen molar-refractivity contribution in [3.63, 3.8) is 0 Å². The first kappa shape index (κ1) is 14.3. The molecule has 1 saturated heterocycles. The minimum absolute atomic E-state index is 0.0621. The summed E-state index contributed by atoms with van der Waals surface area (Å²) in [5.41, 5.74) is 0.803. The summed E-state index contributed by atoms with van der Waals surface area (Å²) in [5, 5.41) is 0.602. The van der Waals surface area contributed by atoms with Crippen LogP contribution in [0.25, 0.3) is 0 Å². The van der Waals surface area contributed by atoms with Crippen LogP contribution in [0.15, 0.2) is 18.2 Å². The summed E-state index contributed by atoms with van der Waals surface area (Å²) in [6.07, 6.45) is -0.0789. The van der Waals surface area contributed by atoms with Crippen LogP contribution in [-0.2, 0) is 16.0 Å². The van der Waals surface area contributed by atoms with E-state index in [1.165, 1.54) is 0 Å². The number of ether oxygens (including phenoxy) is 2. The average Bonchev–Trinajstić information content (AvgIpc) is 2.39. The van der Waals surface area contributed by atoms with Gasteiger partial charge in [0.05, 0.1) is 13.7 Å². The quantitative estimate of drug-likeness (QED) is 0.844. The Balaban J connectivity index is 2.07. The molecule has 0 aliphatic carbocycles. The molecule has 19 heavy (non-hydrogen) atoms. The second-order valence-electron chi connectivity index (χ2n) is 4.72. The van der Waals surface area contributed by atoms with Crippen molar-refractivity contribution in [1.82, 2.24) is 4.90 Å². The third kappa shape index (κ3) is 3.69. The van der Waals surface area contributed by atoms with E-state index in [9.17, 15) is 4.79 Å². The van der Waals surface area contributed by atoms with Crippen LogP contribution < -0.4 is 4.74 Å². The maximum Gasteiger partial charge on any atom is 0.167 e. The molecule has 0 saturated carbocycles. The number of likely N-dealkylation sites (N-methyl/N-ethyl adjacent to an activating group) is 1. The smallest absolute Gasteiger partial charge is 0.167 e. The zero-order valence-electron chi connectivity index (χ0n) is 11.2. The fraction of sp³-hybridized carbons (Fsp3) is 0.500. The van der Waals surface area contributed by atoms with E-state index in [0.29, 0.717) is 23.9 Å². The molecule has 0 aromatic heterocycles. The standard InChI is InChI=1S/C14H18ClNO3/c1-16-5-6-19-14(9-16)12(17)8-10-7-11(15)3-4-13(10)18-2/h3-4,7,14H,5-6,8-9H2,1-2H3. The number of morpholine rings is 1. The van der Waals surface area contributed by atoms with E-state index < -0.39 is 0 Å². The lowest BCUT2D eigenvalue weighted by atomic mass is 10.0. The average molecular weight is 284 g/mol. The van der Waals surface area contributed by atoms with Gasteiger partial charge in [-0.1, -0.05) is 11.6 Å². The van der Waals surface area contributed by atoms with Crippen molar-refractivity contribution in [3.8, 4) is 5.75 Å². The van der Waals surface area contributed by atoms with Crippen molar-refractivity contribution < 1.29 is 14.3 Å². The number of carbonyl (C=O) groups is 1. The molecular formula is C14H18ClNO3. The Morgan fingerprint density at radius 3 is 3.05 bits per heavy atom. The van der Waals surface area contributed by atoms with Crippen LogP contribution in [0.2, 0.25) is 5.02 Å². The van der Waals surface area contributed by atoms with Gasteiger partial charge in [0.2, 0.25) is 0 Å². The predicted molar refractivity (Wildman–Crippen MR) is 74.0 cm³/mol. The maximum atomic E-state index is 12.2. The van der Waals surface area contributed by atoms with Gasteiger partial charge in [0.1, 0.15) is 11.9 Å². The monoisotopic (exact) mass is 283 g/mol. The van der Waals surface area contributed by atoms with Gasteiger partial charge in [0.25, 0.3) is 0 Å². The van der Waals surface area contributed by atoms with Crippen LogP contribution in [0.5, 0.6) is 5.75 Å². The number of halogens is 1. The SMILES string of the molecule is COc1ccc(Cl)cc1CC(=O)C1CN(C)CCO1. The number of carbonyl (C=O) groups excluding carboxylic acids is 1. The molecule has 0 bridgehead atoms. The number of benzene rings is 1. The molecule has 2 rings (SSSR count). The first-order valence-corrected chi connectivity index (χ1v) is 6.63. The molecular weight excluding hydrogens is 266 g/mol. The lowest BCUT2D eigenvalue weighted by molar-refractivity contribution is -0.134. The molecule has 1 atom stereocenters. The number of ketones is 1. The van der Waals surface area contributed by atoms with Gasteiger partial charge in [0, 0.05) is 30.1 Å². The first-order chi connectivity index (χ1) is 9.10. The third-order valence-corrected chi connectivity index (χ3v) is 3.47. The summed E-state index contributed by atoms with van der Waals surface area (Å²) < 4.78 is 10.8. The molecule has 4 nitrogen and oxygen atoms in total. The van der Waals surface area contributed by atoms with E-state index in [1.54, 1.807) is 25.3 Å². The Labute approximate surface area is 118 Å². The van der Waals surface area contributed by atoms with Gasteiger partial charge >= 0.3 is 0 Å². The number of nitrogens with zero attached hydrogens (tertiary/aromatic N) is 1. The van der Waals surface area contributed by atoms with Crippen molar-refractivity contribution in [1.29, 1.82) is 0 Å². The van der Waals surface area contributed by atoms with Gasteiger partial charge in [0.15, 0.2) is 5.78 Å². The highest BCUT2D eigenvalue weighted by atomic mass is 35.5. The van der Waals surface area contributed by atoms with E-state index in [1.807, 2.05) is 7.05 Å². The highest BCUT2D eigenvalue weighted by molar-refractivity contribution is 6.30. The molecule has 1 heterocycles. The molecule has 1 aliphatic heterocycles. The van der Waals surface area contributed by atoms with E-state index in [-0.39, 0.29) is 18.3 Å². The molecule has 1 aliphatic rings. The van der Waals surface area contributed by atoms with Gasteiger partial charge < -0.3 is 14.4 Å². The van der Waals surface area contributed by atoms with Crippen LogP contribution in [-0.4, -0.2) is 50.6 Å². The summed E-state index contributed by atoms with van der Waals surface area (Å²) in [6, 6.07) is 5.29. The van der Waals surface area contributed by atoms with Crippen LogP contribution in [0.4, 0.5) is 0 Å². The first-order valence-electron chi connectivity index (χ1n) is 6.25. The summed E-state index contributed by atoms with van der Waals surface area (Å²) >= 11 is 5.96. The van der Waals surface area contributed by atoms with Crippen LogP contribution in [0, 0.1) is 0 Å². The number of methoxy groups -OCH3 is 1. The van der Waals surface area contributed by atoms with E-state index in [4.69, 9.17) is 21.1 Å². The Morgan fingerprint density at radius 2 is 2.37 bits per heavy atom. The molecule has 1 aromatic rings. The van der Waals surface area contributed by atoms with Crippen molar-refractivity contribution >= 4 is 17.4 Å². The van der Waals surface area contributed by atoms with Crippen molar-refractivity contribution in [2.75, 3.05) is 33.9 Å². The Hall–Kier alpha value is -1.10. The molecule has 0 radical (unpaired) electrons. The second-order valence-corrected chi connectivity index (χ2v) is 5.16. The zero-order chi connectivity index (χ0) is 13.8. The molecule has 0 spiro atoms. The number of rotatable bonds is 4. The molecule has 1 fully saturated rings. The number of Topliss-reactive ketones (excluding diaryl/α,β-unsaturated/α-hetero) is 1. The van der Waals surface area contributed by atoms with Crippen molar-refractivity contribution in [2.45, 2.75) is 12.5 Å². The summed E-state index contributed by atoms with van der Waals surface area (Å²) in [6.45, 7) is 2.10. The highest BCUT2D eigenvalue weighted by Crippen LogP contribution is 2.24. The van der Waals surface area contributed by atoms with Gasteiger partial charge in [-0.05, 0) is 25.2 Å². The number of hydrogen-bond donors (Lipinski definition) is 0. The largest absolute Gasteiger partial charge is 0.496 e. The minimum Gasteiger partial charge on any atom is -0.496 e. The van der Waals surface area contributed by atoms with E-state index in [0.717, 1.165) is 12.1 Å². The van der Waals surface area contributed by atoms with Gasteiger partial charge in [-0.2, -0.15) is 0 Å². The number of hydrogen-bond acceptors (Lipinski definition) is 4. The second kappa shape index (κ2) is 6.37. The Morgan fingerprint density at radius 1 is 1.58 bits per heavy atom. The van der Waals surface area contributed by atoms with Gasteiger partial charge in [-0.3, -0.25) is 4.79 Å². The topological polar surface area (TPSA) is 38.8 Å². The zero-order valence-corrected chi connectivity index (χ0v) is 11.9. The fourth-order valence-corrected chi connectivity index (χ4v) is 2.35. The highest BCUT2D eigenvalue weighted by Gasteiger charge is 2.25. The normalized spacial score (nSPS) is 20.3. The summed E-state index contributed by atoms with van der Waals surface area (Å²) in [5.74, 6) is 0.744. The van der Waals surface area contributed by atoms with Crippen LogP contribution in [0.3, 0.4) is 0 Å². The minimum atomic E-state index is -0.359. The predicted octanol–water partition coefficient (Wildman–Crippen LogP) is 1.79. The van der Waals surface area contributed by atoms with E-state index >= 15 is 0 Å². The van der Waals surface area contributed by atoms with Crippen LogP contribution >= 0.6 is 11.6 Å². The lowest BCUT2D eigenvalue weighted by Crippen LogP contribution is -2.44. The Kier molecular flexibility index (Phi) is 4.80. The Bertz CT molecular complexity index is 464. The molecule has 104 valence electrons. The van der Waals surface area contributed by atoms with Gasteiger partial charge in [-0.15, -0.1) is 0 Å². The molecule has 1 aromatic carbocycles. The maximum absolute atomic E-state index is 12.2. The van der Waals surface area contributed by atoms with Crippen LogP contribution in [0.1, 0.15) is 5.56 Å². The van der Waals surface area contributed by atoms with Gasteiger partial charge in [-0.25, -0.2) is 0 Å². The van der Waals surface area contributed by atoms with E-state index in [2.05, 4.69) is 4.90 Å². The van der Waals surface area contributed by atoms with Crippen molar-refractivity contribution in [3.05, 3.63) is 28.8 Å². The summed E-state index contributed by atoms with van der Waals surface area (Å²) in [7, 11) is 3.57. The van der Waals surface area contributed by atoms with Crippen molar-refractivity contribution in [2.24, 2.45) is 0 Å². The third-order valence-electron chi connectivity index (χ3n) is 3.24. The molecule has 0 N–H and O–H groups in total. The summed E-state index contributed by atoms with van der Waals surface area (Å²) in [4.78, 5) is 14.3. The lowest BCUT2D eigenvalue weighted by Gasteiger charge is -2.29.